The first-order chi connectivity index (χ1) is 16.2. The third-order valence-electron chi connectivity index (χ3n) is 5.32. The summed E-state index contributed by atoms with van der Waals surface area (Å²) in [7, 11) is -2.57. The summed E-state index contributed by atoms with van der Waals surface area (Å²) in [4.78, 5) is 28.9. The van der Waals surface area contributed by atoms with Gasteiger partial charge in [-0.1, -0.05) is 13.0 Å². The standard InChI is InChI=1S/C23H23FN6O3S/c1-4-8-30(3)34(32,33)29-20-7-5-6-17(21(20)24)22(31)19-13-28-23-18(19)9-15(10-27-23)16-11-25-14(2)26-12-16/h5-7,9-13,29H,4,8H2,1-3H3,(H,27,28). The largest absolute Gasteiger partial charge is 0.345 e. The smallest absolute Gasteiger partial charge is 0.301 e. The number of carbonyl (C=O) groups excluding carboxylic acids is 1. The van der Waals surface area contributed by atoms with E-state index in [0.29, 0.717) is 28.8 Å². The van der Waals surface area contributed by atoms with E-state index in [9.17, 15) is 13.2 Å². The minimum absolute atomic E-state index is 0.208. The first-order valence-electron chi connectivity index (χ1n) is 10.5. The van der Waals surface area contributed by atoms with Crippen LogP contribution in [0.15, 0.2) is 49.1 Å². The number of nitrogens with zero attached hydrogens (tertiary/aromatic N) is 4. The molecular weight excluding hydrogens is 459 g/mol. The van der Waals surface area contributed by atoms with Gasteiger partial charge in [0.15, 0.2) is 11.6 Å². The Bertz CT molecular complexity index is 1470. The second kappa shape index (κ2) is 9.27. The summed E-state index contributed by atoms with van der Waals surface area (Å²) in [5.74, 6) is -0.931. The quantitative estimate of drug-likeness (QED) is 0.370. The molecule has 0 unspecified atom stereocenters. The fraction of sp³-hybridized carbons (Fsp3) is 0.217. The number of anilines is 1. The molecule has 2 N–H and O–H groups in total. The van der Waals surface area contributed by atoms with Crippen LogP contribution in [0.25, 0.3) is 22.2 Å². The van der Waals surface area contributed by atoms with Crippen molar-refractivity contribution >= 4 is 32.7 Å². The fourth-order valence-corrected chi connectivity index (χ4v) is 4.49. The molecule has 0 bridgehead atoms. The van der Waals surface area contributed by atoms with Crippen LogP contribution in [0.5, 0.6) is 0 Å². The zero-order chi connectivity index (χ0) is 24.5. The van der Waals surface area contributed by atoms with E-state index < -0.39 is 21.8 Å². The maximum atomic E-state index is 15.3. The monoisotopic (exact) mass is 482 g/mol. The number of H-pyrrole nitrogens is 1. The summed E-state index contributed by atoms with van der Waals surface area (Å²) in [6.45, 7) is 3.88. The van der Waals surface area contributed by atoms with Crippen molar-refractivity contribution < 1.29 is 17.6 Å². The molecule has 4 aromatic rings. The average molecular weight is 483 g/mol. The maximum Gasteiger partial charge on any atom is 0.301 e. The van der Waals surface area contributed by atoms with Gasteiger partial charge in [-0.25, -0.2) is 19.3 Å². The van der Waals surface area contributed by atoms with Gasteiger partial charge in [-0.2, -0.15) is 12.7 Å². The molecule has 4 rings (SSSR count). The highest BCUT2D eigenvalue weighted by Gasteiger charge is 2.24. The topological polar surface area (TPSA) is 121 Å². The number of halogens is 1. The van der Waals surface area contributed by atoms with Crippen molar-refractivity contribution in [1.82, 2.24) is 24.2 Å². The highest BCUT2D eigenvalue weighted by Crippen LogP contribution is 2.28. The van der Waals surface area contributed by atoms with Gasteiger partial charge in [-0.05, 0) is 31.5 Å². The lowest BCUT2D eigenvalue weighted by atomic mass is 10.0. The van der Waals surface area contributed by atoms with Crippen molar-refractivity contribution in [3.63, 3.8) is 0 Å². The highest BCUT2D eigenvalue weighted by molar-refractivity contribution is 7.90. The number of rotatable bonds is 8. The minimum atomic E-state index is -3.96. The Hall–Kier alpha value is -3.70. The number of ketones is 1. The van der Waals surface area contributed by atoms with Gasteiger partial charge in [-0.15, -0.1) is 0 Å². The molecule has 0 fully saturated rings. The number of carbonyl (C=O) groups is 1. The molecule has 0 aliphatic heterocycles. The molecule has 0 amide bonds. The van der Waals surface area contributed by atoms with Gasteiger partial charge in [0.2, 0.25) is 0 Å². The first kappa shape index (κ1) is 23.5. The van der Waals surface area contributed by atoms with E-state index in [-0.39, 0.29) is 23.4 Å². The molecule has 0 saturated heterocycles. The molecule has 0 aliphatic rings. The van der Waals surface area contributed by atoms with Gasteiger partial charge in [0.25, 0.3) is 0 Å². The Kier molecular flexibility index (Phi) is 6.40. The second-order valence-electron chi connectivity index (χ2n) is 7.77. The SMILES string of the molecule is CCCN(C)S(=O)(=O)Nc1cccc(C(=O)c2c[nH]c3ncc(-c4cnc(C)nc4)cc23)c1F. The van der Waals surface area contributed by atoms with Gasteiger partial charge >= 0.3 is 10.2 Å². The first-order valence-corrected chi connectivity index (χ1v) is 12.0. The van der Waals surface area contributed by atoms with Gasteiger partial charge < -0.3 is 4.98 Å². The van der Waals surface area contributed by atoms with Crippen molar-refractivity contribution in [2.75, 3.05) is 18.3 Å². The Morgan fingerprint density at radius 1 is 1.12 bits per heavy atom. The van der Waals surface area contributed by atoms with Crippen LogP contribution in [0.3, 0.4) is 0 Å². The number of hydrogen-bond donors (Lipinski definition) is 2. The van der Waals surface area contributed by atoms with Crippen LogP contribution in [-0.2, 0) is 10.2 Å². The van der Waals surface area contributed by atoms with Gasteiger partial charge in [0, 0.05) is 60.5 Å². The number of benzene rings is 1. The molecule has 0 spiro atoms. The van der Waals surface area contributed by atoms with Gasteiger partial charge in [0.05, 0.1) is 11.3 Å². The van der Waals surface area contributed by atoms with E-state index in [4.69, 9.17) is 0 Å². The maximum absolute atomic E-state index is 15.3. The zero-order valence-electron chi connectivity index (χ0n) is 18.8. The van der Waals surface area contributed by atoms with Crippen LogP contribution in [0, 0.1) is 12.7 Å². The summed E-state index contributed by atoms with van der Waals surface area (Å²) in [5.41, 5.74) is 1.52. The molecular formula is C23H23FN6O3S. The van der Waals surface area contributed by atoms with Crippen LogP contribution < -0.4 is 4.72 Å². The second-order valence-corrected chi connectivity index (χ2v) is 9.54. The molecule has 0 saturated carbocycles. The Morgan fingerprint density at radius 3 is 2.53 bits per heavy atom. The minimum Gasteiger partial charge on any atom is -0.345 e. The molecule has 3 heterocycles. The highest BCUT2D eigenvalue weighted by atomic mass is 32.2. The van der Waals surface area contributed by atoms with E-state index in [1.807, 2.05) is 6.92 Å². The third kappa shape index (κ3) is 4.52. The van der Waals surface area contributed by atoms with E-state index in [1.54, 1.807) is 31.6 Å². The zero-order valence-corrected chi connectivity index (χ0v) is 19.6. The van der Waals surface area contributed by atoms with Crippen LogP contribution >= 0.6 is 0 Å². The summed E-state index contributed by atoms with van der Waals surface area (Å²) in [6, 6.07) is 5.77. The molecule has 9 nitrogen and oxygen atoms in total. The number of aromatic nitrogens is 4. The Labute approximate surface area is 196 Å². The number of aromatic amines is 1. The molecule has 0 aliphatic carbocycles. The molecule has 34 heavy (non-hydrogen) atoms. The predicted molar refractivity (Wildman–Crippen MR) is 127 cm³/mol. The van der Waals surface area contributed by atoms with E-state index in [2.05, 4.69) is 24.7 Å². The van der Waals surface area contributed by atoms with Crippen molar-refractivity contribution in [2.24, 2.45) is 0 Å². The lowest BCUT2D eigenvalue weighted by Crippen LogP contribution is -2.33. The van der Waals surface area contributed by atoms with Crippen molar-refractivity contribution in [2.45, 2.75) is 20.3 Å². The van der Waals surface area contributed by atoms with Crippen molar-refractivity contribution in [3.8, 4) is 11.1 Å². The number of nitrogens with one attached hydrogen (secondary N) is 2. The number of fused-ring (bicyclic) bond motifs is 1. The van der Waals surface area contributed by atoms with Crippen LogP contribution in [0.1, 0.15) is 35.1 Å². The molecule has 0 atom stereocenters. The van der Waals surface area contributed by atoms with E-state index >= 15 is 4.39 Å². The normalized spacial score (nSPS) is 11.8. The molecule has 3 aromatic heterocycles. The summed E-state index contributed by atoms with van der Waals surface area (Å²) in [6.07, 6.45) is 7.00. The molecule has 1 aromatic carbocycles. The van der Waals surface area contributed by atoms with Crippen LogP contribution in [0.4, 0.5) is 10.1 Å². The van der Waals surface area contributed by atoms with Gasteiger partial charge in [0.1, 0.15) is 11.5 Å². The van der Waals surface area contributed by atoms with Gasteiger partial charge in [-0.3, -0.25) is 9.52 Å². The fourth-order valence-electron chi connectivity index (χ4n) is 3.47. The third-order valence-corrected chi connectivity index (χ3v) is 6.80. The van der Waals surface area contributed by atoms with Crippen LogP contribution in [0.2, 0.25) is 0 Å². The van der Waals surface area contributed by atoms with Crippen LogP contribution in [-0.4, -0.2) is 52.0 Å². The Morgan fingerprint density at radius 2 is 1.82 bits per heavy atom. The lowest BCUT2D eigenvalue weighted by Gasteiger charge is -2.18. The van der Waals surface area contributed by atoms with E-state index in [0.717, 1.165) is 9.87 Å². The Balaban J connectivity index is 1.71. The summed E-state index contributed by atoms with van der Waals surface area (Å²) < 4.78 is 43.5. The predicted octanol–water partition coefficient (Wildman–Crippen LogP) is 3.70. The summed E-state index contributed by atoms with van der Waals surface area (Å²) >= 11 is 0. The average Bonchev–Trinajstić information content (AvgIpc) is 3.24. The molecule has 0 radical (unpaired) electrons. The van der Waals surface area contributed by atoms with Crippen molar-refractivity contribution in [3.05, 3.63) is 71.8 Å². The summed E-state index contributed by atoms with van der Waals surface area (Å²) in [5, 5.41) is 0.496. The number of hydrogen-bond acceptors (Lipinski definition) is 6. The lowest BCUT2D eigenvalue weighted by molar-refractivity contribution is 0.103. The molecule has 11 heteroatoms. The van der Waals surface area contributed by atoms with Crippen molar-refractivity contribution in [1.29, 1.82) is 0 Å². The molecule has 176 valence electrons. The van der Waals surface area contributed by atoms with E-state index in [1.165, 1.54) is 31.4 Å². The number of aryl methyl sites for hydroxylation is 1. The number of pyridine rings is 1.